The van der Waals surface area contributed by atoms with Crippen LogP contribution in [0.3, 0.4) is 0 Å². The first-order chi connectivity index (χ1) is 12.0. The van der Waals surface area contributed by atoms with E-state index < -0.39 is 7.12 Å². The molecule has 2 rings (SSSR count). The maximum absolute atomic E-state index is 11.4. The van der Waals surface area contributed by atoms with Crippen LogP contribution in [0.2, 0.25) is 0 Å². The van der Waals surface area contributed by atoms with Crippen molar-refractivity contribution in [1.82, 2.24) is 4.98 Å². The second-order valence-electron chi connectivity index (χ2n) is 4.87. The Morgan fingerprint density at radius 2 is 2.28 bits per heavy atom. The van der Waals surface area contributed by atoms with E-state index >= 15 is 0 Å². The van der Waals surface area contributed by atoms with Crippen LogP contribution in [0.4, 0.5) is 5.13 Å². The van der Waals surface area contributed by atoms with E-state index in [1.807, 2.05) is 0 Å². The van der Waals surface area contributed by atoms with Crippen molar-refractivity contribution in [2.45, 2.75) is 13.3 Å². The number of hydrogen-bond donors (Lipinski definition) is 3. The van der Waals surface area contributed by atoms with E-state index in [0.717, 1.165) is 0 Å². The number of ether oxygens (including phenoxy) is 2. The summed E-state index contributed by atoms with van der Waals surface area (Å²) >= 11 is 1.31. The largest absolute Gasteiger partial charge is 0.496 e. The van der Waals surface area contributed by atoms with Gasteiger partial charge in [0.1, 0.15) is 5.75 Å². The first-order valence-electron chi connectivity index (χ1n) is 7.46. The Morgan fingerprint density at radius 3 is 2.96 bits per heavy atom. The number of hydrogen-bond acceptors (Lipinski definition) is 9. The summed E-state index contributed by atoms with van der Waals surface area (Å²) in [6, 6.07) is 4.73. The average molecular weight is 363 g/mol. The molecule has 0 aliphatic heterocycles. The van der Waals surface area contributed by atoms with E-state index in [0.29, 0.717) is 34.2 Å². The number of thiazole rings is 1. The fourth-order valence-electron chi connectivity index (χ4n) is 1.97. The molecule has 2 aromatic rings. The van der Waals surface area contributed by atoms with Crippen molar-refractivity contribution < 1.29 is 24.3 Å². The number of nitrogens with zero attached hydrogens (tertiary/aromatic N) is 2. The zero-order chi connectivity index (χ0) is 18.2. The molecule has 0 aliphatic rings. The number of aromatic nitrogens is 1. The number of rotatable bonds is 8. The molecule has 0 saturated carbocycles. The fraction of sp³-hybridized carbons (Fsp3) is 0.267. The van der Waals surface area contributed by atoms with Gasteiger partial charge in [-0.05, 0) is 24.5 Å². The highest BCUT2D eigenvalue weighted by atomic mass is 32.1. The third-order valence-corrected chi connectivity index (χ3v) is 3.89. The quantitative estimate of drug-likeness (QED) is 0.269. The molecule has 1 aromatic heterocycles. The predicted octanol–water partition coefficient (Wildman–Crippen LogP) is 0.383. The Hall–Kier alpha value is -2.43. The number of nitrogens with one attached hydrogen (secondary N) is 1. The molecule has 0 spiro atoms. The normalized spacial score (nSPS) is 10.7. The van der Waals surface area contributed by atoms with Gasteiger partial charge in [0, 0.05) is 10.9 Å². The fourth-order valence-corrected chi connectivity index (χ4v) is 2.63. The van der Waals surface area contributed by atoms with Gasteiger partial charge in [0.2, 0.25) is 5.13 Å². The molecule has 25 heavy (non-hydrogen) atoms. The Morgan fingerprint density at radius 1 is 1.48 bits per heavy atom. The first kappa shape index (κ1) is 18.9. The molecular weight excluding hydrogens is 345 g/mol. The molecule has 0 unspecified atom stereocenters. The van der Waals surface area contributed by atoms with Gasteiger partial charge in [0.25, 0.3) is 0 Å². The van der Waals surface area contributed by atoms with E-state index in [9.17, 15) is 14.8 Å². The molecule has 0 radical (unpaired) electrons. The van der Waals surface area contributed by atoms with Gasteiger partial charge in [-0.25, -0.2) is 4.98 Å². The van der Waals surface area contributed by atoms with Crippen LogP contribution in [0.5, 0.6) is 5.75 Å². The van der Waals surface area contributed by atoms with Crippen molar-refractivity contribution in [1.29, 1.82) is 0 Å². The summed E-state index contributed by atoms with van der Waals surface area (Å²) in [7, 11) is -0.0621. The Bertz CT molecular complexity index is 751. The lowest BCUT2D eigenvalue weighted by Crippen LogP contribution is -2.30. The number of carbonyl (C=O) groups is 1. The lowest BCUT2D eigenvalue weighted by molar-refractivity contribution is -0.142. The molecule has 0 bridgehead atoms. The molecule has 132 valence electrons. The Labute approximate surface area is 149 Å². The minimum absolute atomic E-state index is 0.111. The third-order valence-electron chi connectivity index (χ3n) is 3.10. The maximum Gasteiger partial charge on any atom is 0.488 e. The van der Waals surface area contributed by atoms with E-state index in [4.69, 9.17) is 9.47 Å². The Balaban J connectivity index is 2.02. The number of anilines is 1. The molecule has 0 aliphatic carbocycles. The molecule has 0 atom stereocenters. The molecule has 8 nitrogen and oxygen atoms in total. The van der Waals surface area contributed by atoms with Crippen LogP contribution in [-0.2, 0) is 16.0 Å². The summed E-state index contributed by atoms with van der Waals surface area (Å²) in [5.74, 6) is 0.212. The number of esters is 1. The number of hydrazone groups is 1. The van der Waals surface area contributed by atoms with Gasteiger partial charge in [-0.15, -0.1) is 11.3 Å². The second-order valence-corrected chi connectivity index (χ2v) is 5.73. The van der Waals surface area contributed by atoms with Gasteiger partial charge in [0.15, 0.2) is 0 Å². The van der Waals surface area contributed by atoms with Crippen LogP contribution in [0.15, 0.2) is 28.7 Å². The molecule has 0 amide bonds. The van der Waals surface area contributed by atoms with E-state index in [-0.39, 0.29) is 12.4 Å². The van der Waals surface area contributed by atoms with E-state index in [1.54, 1.807) is 30.5 Å². The van der Waals surface area contributed by atoms with Crippen LogP contribution in [0.1, 0.15) is 18.2 Å². The molecule has 1 heterocycles. The molecular formula is C15H18BN3O5S. The minimum Gasteiger partial charge on any atom is -0.496 e. The molecule has 10 heteroatoms. The van der Waals surface area contributed by atoms with Crippen molar-refractivity contribution in [3.63, 3.8) is 0 Å². The highest BCUT2D eigenvalue weighted by Crippen LogP contribution is 2.17. The van der Waals surface area contributed by atoms with Crippen molar-refractivity contribution in [3.05, 3.63) is 34.8 Å². The number of methoxy groups -OCH3 is 1. The van der Waals surface area contributed by atoms with Crippen molar-refractivity contribution in [2.24, 2.45) is 5.10 Å². The topological polar surface area (TPSA) is 113 Å². The van der Waals surface area contributed by atoms with Gasteiger partial charge < -0.3 is 19.5 Å². The smallest absolute Gasteiger partial charge is 0.488 e. The molecule has 0 saturated heterocycles. The zero-order valence-electron chi connectivity index (χ0n) is 13.8. The van der Waals surface area contributed by atoms with Gasteiger partial charge in [-0.1, -0.05) is 6.07 Å². The standard InChI is InChI=1S/C15H18BN3O5S/c1-3-24-14(20)7-12-9-25-15(18-12)19-17-8-10-6-11(16(21)22)4-5-13(10)23-2/h4-6,8-9,21-22H,3,7H2,1-2H3,(H,18,19). The van der Waals surface area contributed by atoms with Crippen LogP contribution >= 0.6 is 11.3 Å². The maximum atomic E-state index is 11.4. The van der Waals surface area contributed by atoms with Crippen LogP contribution in [-0.4, -0.2) is 48.1 Å². The monoisotopic (exact) mass is 363 g/mol. The molecule has 3 N–H and O–H groups in total. The lowest BCUT2D eigenvalue weighted by Gasteiger charge is -2.06. The summed E-state index contributed by atoms with van der Waals surface area (Å²) in [4.78, 5) is 15.6. The molecule has 0 fully saturated rings. The highest BCUT2D eigenvalue weighted by Gasteiger charge is 2.13. The summed E-state index contributed by atoms with van der Waals surface area (Å²) in [5, 5.41) is 24.8. The minimum atomic E-state index is -1.57. The molecule has 1 aromatic carbocycles. The number of carbonyl (C=O) groups excluding carboxylic acids is 1. The summed E-state index contributed by atoms with van der Waals surface area (Å²) in [5.41, 5.74) is 4.26. The Kier molecular flexibility index (Phi) is 6.93. The van der Waals surface area contributed by atoms with Gasteiger partial charge in [-0.2, -0.15) is 5.10 Å². The van der Waals surface area contributed by atoms with Crippen LogP contribution < -0.4 is 15.6 Å². The van der Waals surface area contributed by atoms with E-state index in [2.05, 4.69) is 15.5 Å². The van der Waals surface area contributed by atoms with Crippen LogP contribution in [0, 0.1) is 0 Å². The first-order valence-corrected chi connectivity index (χ1v) is 8.34. The van der Waals surface area contributed by atoms with E-state index in [1.165, 1.54) is 24.7 Å². The average Bonchev–Trinajstić information content (AvgIpc) is 3.02. The van der Waals surface area contributed by atoms with Gasteiger partial charge in [-0.3, -0.25) is 10.2 Å². The van der Waals surface area contributed by atoms with Crippen molar-refractivity contribution in [3.8, 4) is 5.75 Å². The van der Waals surface area contributed by atoms with Gasteiger partial charge in [0.05, 0.1) is 32.0 Å². The predicted molar refractivity (Wildman–Crippen MR) is 96.5 cm³/mol. The van der Waals surface area contributed by atoms with Gasteiger partial charge >= 0.3 is 13.1 Å². The van der Waals surface area contributed by atoms with Crippen molar-refractivity contribution >= 4 is 41.2 Å². The lowest BCUT2D eigenvalue weighted by atomic mass is 9.79. The van der Waals surface area contributed by atoms with Crippen molar-refractivity contribution in [2.75, 3.05) is 19.1 Å². The van der Waals surface area contributed by atoms with Crippen LogP contribution in [0.25, 0.3) is 0 Å². The SMILES string of the molecule is CCOC(=O)Cc1csc(NN=Cc2cc(B(O)O)ccc2OC)n1. The zero-order valence-corrected chi connectivity index (χ0v) is 14.6. The second kappa shape index (κ2) is 9.16. The summed E-state index contributed by atoms with van der Waals surface area (Å²) in [6.07, 6.45) is 1.59. The third kappa shape index (κ3) is 5.56. The summed E-state index contributed by atoms with van der Waals surface area (Å²) < 4.78 is 10.1. The number of benzene rings is 1. The summed E-state index contributed by atoms with van der Waals surface area (Å²) in [6.45, 7) is 2.08. The highest BCUT2D eigenvalue weighted by molar-refractivity contribution is 7.13.